The Morgan fingerprint density at radius 2 is 1.68 bits per heavy atom. The average molecular weight is 605 g/mol. The first-order valence-corrected chi connectivity index (χ1v) is 14.5. The van der Waals surface area contributed by atoms with Crippen molar-refractivity contribution in [3.05, 3.63) is 94.7 Å². The van der Waals surface area contributed by atoms with Gasteiger partial charge >= 0.3 is 0 Å². The van der Waals surface area contributed by atoms with Crippen molar-refractivity contribution >= 4 is 43.5 Å². The summed E-state index contributed by atoms with van der Waals surface area (Å²) in [6, 6.07) is 19.2. The Balaban J connectivity index is 1.98. The zero-order chi connectivity index (χ0) is 27.7. The van der Waals surface area contributed by atoms with Gasteiger partial charge in [0.05, 0.1) is 10.6 Å². The van der Waals surface area contributed by atoms with E-state index in [1.54, 1.807) is 49.4 Å². The maximum atomic E-state index is 13.8. The van der Waals surface area contributed by atoms with Crippen molar-refractivity contribution in [1.29, 1.82) is 0 Å². The predicted molar refractivity (Wildman–Crippen MR) is 149 cm³/mol. The second-order valence-corrected chi connectivity index (χ2v) is 11.6. The lowest BCUT2D eigenvalue weighted by molar-refractivity contribution is -0.139. The first-order valence-electron chi connectivity index (χ1n) is 12.3. The van der Waals surface area contributed by atoms with E-state index in [1.165, 1.54) is 41.3 Å². The van der Waals surface area contributed by atoms with Gasteiger partial charge in [-0.05, 0) is 61.4 Å². The van der Waals surface area contributed by atoms with Gasteiger partial charge in [-0.3, -0.25) is 13.9 Å². The molecule has 1 N–H and O–H groups in total. The molecule has 0 saturated carbocycles. The highest BCUT2D eigenvalue weighted by Gasteiger charge is 2.32. The number of unbranched alkanes of at least 4 members (excludes halogenated alkanes) is 1. The van der Waals surface area contributed by atoms with Crippen molar-refractivity contribution in [2.24, 2.45) is 0 Å². The number of anilines is 1. The van der Waals surface area contributed by atoms with Gasteiger partial charge in [-0.15, -0.1) is 0 Å². The molecule has 3 aromatic carbocycles. The highest BCUT2D eigenvalue weighted by Crippen LogP contribution is 2.27. The molecule has 3 rings (SSSR count). The summed E-state index contributed by atoms with van der Waals surface area (Å²) >= 11 is 3.37. The van der Waals surface area contributed by atoms with E-state index >= 15 is 0 Å². The Morgan fingerprint density at radius 1 is 1.00 bits per heavy atom. The highest BCUT2D eigenvalue weighted by atomic mass is 79.9. The third-order valence-corrected chi connectivity index (χ3v) is 8.25. The number of amides is 2. The SMILES string of the molecule is CCCCNC(=O)[C@H](C)N(Cc1ccc(F)cc1)C(=O)CN(c1cccc(Br)c1)S(=O)(=O)c1ccccc1. The number of nitrogens with zero attached hydrogens (tertiary/aromatic N) is 2. The molecule has 0 unspecified atom stereocenters. The van der Waals surface area contributed by atoms with Gasteiger partial charge in [0.2, 0.25) is 11.8 Å². The lowest BCUT2D eigenvalue weighted by atomic mass is 10.1. The molecular weight excluding hydrogens is 573 g/mol. The number of carbonyl (C=O) groups excluding carboxylic acids is 2. The summed E-state index contributed by atoms with van der Waals surface area (Å²) in [5.74, 6) is -1.35. The van der Waals surface area contributed by atoms with E-state index in [0.29, 0.717) is 22.3 Å². The van der Waals surface area contributed by atoms with E-state index in [1.807, 2.05) is 6.92 Å². The topological polar surface area (TPSA) is 86.8 Å². The second kappa shape index (κ2) is 13.5. The smallest absolute Gasteiger partial charge is 0.264 e. The maximum Gasteiger partial charge on any atom is 0.264 e. The molecule has 0 spiro atoms. The minimum absolute atomic E-state index is 0.000807. The van der Waals surface area contributed by atoms with Gasteiger partial charge in [0.15, 0.2) is 0 Å². The molecule has 0 radical (unpaired) electrons. The fourth-order valence-corrected chi connectivity index (χ4v) is 5.60. The summed E-state index contributed by atoms with van der Waals surface area (Å²) in [6.45, 7) is 3.52. The quantitative estimate of drug-likeness (QED) is 0.291. The number of halogens is 2. The minimum Gasteiger partial charge on any atom is -0.354 e. The lowest BCUT2D eigenvalue weighted by Gasteiger charge is -2.32. The van der Waals surface area contributed by atoms with Crippen molar-refractivity contribution in [1.82, 2.24) is 10.2 Å². The number of rotatable bonds is 12. The van der Waals surface area contributed by atoms with E-state index in [2.05, 4.69) is 21.2 Å². The van der Waals surface area contributed by atoms with Crippen LogP contribution in [0, 0.1) is 5.82 Å². The van der Waals surface area contributed by atoms with Crippen molar-refractivity contribution in [3.8, 4) is 0 Å². The van der Waals surface area contributed by atoms with Gasteiger partial charge in [0.25, 0.3) is 10.0 Å². The molecule has 1 atom stereocenters. The third-order valence-electron chi connectivity index (χ3n) is 5.97. The molecule has 3 aromatic rings. The number of benzene rings is 3. The molecule has 0 aliphatic rings. The number of sulfonamides is 1. The van der Waals surface area contributed by atoms with E-state index in [0.717, 1.165) is 17.1 Å². The van der Waals surface area contributed by atoms with Gasteiger partial charge in [-0.1, -0.05) is 65.7 Å². The molecule has 2 amide bonds. The van der Waals surface area contributed by atoms with Gasteiger partial charge in [0.1, 0.15) is 18.4 Å². The number of carbonyl (C=O) groups is 2. The molecule has 0 aliphatic carbocycles. The van der Waals surface area contributed by atoms with Crippen LogP contribution >= 0.6 is 15.9 Å². The number of nitrogens with one attached hydrogen (secondary N) is 1. The Bertz CT molecular complexity index is 1340. The third kappa shape index (κ3) is 7.64. The van der Waals surface area contributed by atoms with E-state index in [4.69, 9.17) is 0 Å². The van der Waals surface area contributed by atoms with Crippen LogP contribution in [0.5, 0.6) is 0 Å². The molecule has 0 aliphatic heterocycles. The normalized spacial score (nSPS) is 12.0. The molecular formula is C28H31BrFN3O4S. The Morgan fingerprint density at radius 3 is 2.32 bits per heavy atom. The summed E-state index contributed by atoms with van der Waals surface area (Å²) in [5.41, 5.74) is 0.895. The number of hydrogen-bond acceptors (Lipinski definition) is 4. The standard InChI is InChI=1S/C28H31BrFN3O4S/c1-3-4-17-31-28(35)21(2)32(19-22-13-15-24(30)16-14-22)27(34)20-33(25-10-8-9-23(29)18-25)38(36,37)26-11-6-5-7-12-26/h5-16,18,21H,3-4,17,19-20H2,1-2H3,(H,31,35)/t21-/m0/s1. The van der Waals surface area contributed by atoms with Crippen LogP contribution < -0.4 is 9.62 Å². The van der Waals surface area contributed by atoms with Crippen LogP contribution in [-0.2, 0) is 26.2 Å². The minimum atomic E-state index is -4.13. The summed E-state index contributed by atoms with van der Waals surface area (Å²) in [6.07, 6.45) is 1.68. The van der Waals surface area contributed by atoms with Crippen LogP contribution in [0.25, 0.3) is 0 Å². The average Bonchev–Trinajstić information content (AvgIpc) is 2.91. The Kier molecular flexibility index (Phi) is 10.4. The Labute approximate surface area is 231 Å². The zero-order valence-corrected chi connectivity index (χ0v) is 23.7. The zero-order valence-electron chi connectivity index (χ0n) is 21.3. The second-order valence-electron chi connectivity index (χ2n) is 8.77. The van der Waals surface area contributed by atoms with Gasteiger partial charge in [-0.25, -0.2) is 12.8 Å². The Hall–Kier alpha value is -3.24. The summed E-state index contributed by atoms with van der Waals surface area (Å²) in [7, 11) is -4.13. The molecule has 0 saturated heterocycles. The van der Waals surface area contributed by atoms with Crippen molar-refractivity contribution in [2.75, 3.05) is 17.4 Å². The van der Waals surface area contributed by atoms with Crippen molar-refractivity contribution in [2.45, 2.75) is 44.2 Å². The van der Waals surface area contributed by atoms with E-state index < -0.39 is 34.3 Å². The van der Waals surface area contributed by atoms with Crippen molar-refractivity contribution in [3.63, 3.8) is 0 Å². The van der Waals surface area contributed by atoms with E-state index in [-0.39, 0.29) is 17.3 Å². The van der Waals surface area contributed by atoms with Gasteiger partial charge < -0.3 is 10.2 Å². The largest absolute Gasteiger partial charge is 0.354 e. The molecule has 0 heterocycles. The van der Waals surface area contributed by atoms with Crippen LogP contribution in [0.15, 0.2) is 88.2 Å². The monoisotopic (exact) mass is 603 g/mol. The van der Waals surface area contributed by atoms with Crippen molar-refractivity contribution < 1.29 is 22.4 Å². The summed E-state index contributed by atoms with van der Waals surface area (Å²) in [4.78, 5) is 28.1. The maximum absolute atomic E-state index is 13.8. The summed E-state index contributed by atoms with van der Waals surface area (Å²) in [5, 5.41) is 2.83. The van der Waals surface area contributed by atoms with E-state index in [9.17, 15) is 22.4 Å². The molecule has 10 heteroatoms. The van der Waals surface area contributed by atoms with Gasteiger partial charge in [-0.2, -0.15) is 0 Å². The fraction of sp³-hybridized carbons (Fsp3) is 0.286. The van der Waals surface area contributed by atoms with Crippen LogP contribution in [0.4, 0.5) is 10.1 Å². The molecule has 38 heavy (non-hydrogen) atoms. The van der Waals surface area contributed by atoms with Crippen LogP contribution in [-0.4, -0.2) is 44.3 Å². The predicted octanol–water partition coefficient (Wildman–Crippen LogP) is 5.12. The van der Waals surface area contributed by atoms with Crippen LogP contribution in [0.1, 0.15) is 32.3 Å². The van der Waals surface area contributed by atoms with Crippen LogP contribution in [0.2, 0.25) is 0 Å². The molecule has 0 aromatic heterocycles. The molecule has 202 valence electrons. The van der Waals surface area contributed by atoms with Crippen LogP contribution in [0.3, 0.4) is 0 Å². The molecule has 7 nitrogen and oxygen atoms in total. The number of hydrogen-bond donors (Lipinski definition) is 1. The first-order chi connectivity index (χ1) is 18.1. The lowest BCUT2D eigenvalue weighted by Crippen LogP contribution is -2.51. The first kappa shape index (κ1) is 29.3. The van der Waals surface area contributed by atoms with Gasteiger partial charge in [0, 0.05) is 17.6 Å². The fourth-order valence-electron chi connectivity index (χ4n) is 3.78. The molecule has 0 bridgehead atoms. The summed E-state index contributed by atoms with van der Waals surface area (Å²) < 4.78 is 42.6. The molecule has 0 fully saturated rings. The highest BCUT2D eigenvalue weighted by molar-refractivity contribution is 9.10.